The minimum absolute atomic E-state index is 0. The zero-order valence-electron chi connectivity index (χ0n) is 22.3. The van der Waals surface area contributed by atoms with Crippen LogP contribution in [0.4, 0.5) is 10.1 Å². The van der Waals surface area contributed by atoms with E-state index in [4.69, 9.17) is 21.1 Å². The fourth-order valence-corrected chi connectivity index (χ4v) is 6.85. The van der Waals surface area contributed by atoms with Crippen LogP contribution in [0.2, 0.25) is 5.02 Å². The highest BCUT2D eigenvalue weighted by molar-refractivity contribution is 7.93. The van der Waals surface area contributed by atoms with Gasteiger partial charge in [-0.05, 0) is 82.0 Å². The number of carbonyl (C=O) groups is 2. The van der Waals surface area contributed by atoms with Crippen molar-refractivity contribution >= 4 is 51.7 Å². The van der Waals surface area contributed by atoms with Crippen molar-refractivity contribution < 1.29 is 31.9 Å². The average Bonchev–Trinajstić information content (AvgIpc) is 2.85. The molecule has 8 nitrogen and oxygen atoms in total. The molecule has 0 radical (unpaired) electrons. The van der Waals surface area contributed by atoms with E-state index in [1.807, 2.05) is 0 Å². The van der Waals surface area contributed by atoms with E-state index in [2.05, 4.69) is 5.32 Å². The summed E-state index contributed by atoms with van der Waals surface area (Å²) in [6.45, 7) is 5.16. The maximum Gasteiger partial charge on any atom is 0.335 e. The lowest BCUT2D eigenvalue weighted by Gasteiger charge is -2.32. The normalized spacial score (nSPS) is 15.1. The molecule has 1 atom stereocenters. The molecular weight excluding hydrogens is 570 g/mol. The lowest BCUT2D eigenvalue weighted by atomic mass is 9.99. The highest BCUT2D eigenvalue weighted by Gasteiger charge is 2.40. The lowest BCUT2D eigenvalue weighted by Crippen LogP contribution is -2.42. The first-order valence-electron chi connectivity index (χ1n) is 12.3. The third kappa shape index (κ3) is 7.72. The first kappa shape index (κ1) is 32.6. The summed E-state index contributed by atoms with van der Waals surface area (Å²) in [5, 5.41) is 1.50. The molecule has 2 aromatic carbocycles. The standard InChI is InChI=1S/C27H32ClFN2O6S.ClH/c1-5-36-27(33)21-8-6-7-9-24(21)38(34,35)31(23-11-10-20(29)14-22(23)28)16-19-12-17(2)26(18(3)13-19)37-25(32)15-30-4;/h8,10-14,24,30H,5-7,9,15-16H2,1-4H3;1H. The second-order valence-electron chi connectivity index (χ2n) is 9.01. The van der Waals surface area contributed by atoms with Gasteiger partial charge in [0.25, 0.3) is 0 Å². The Hall–Kier alpha value is -2.66. The molecule has 0 fully saturated rings. The van der Waals surface area contributed by atoms with E-state index in [0.29, 0.717) is 35.3 Å². The van der Waals surface area contributed by atoms with Crippen LogP contribution in [0.25, 0.3) is 0 Å². The molecule has 0 aromatic heterocycles. The number of hydrogen-bond acceptors (Lipinski definition) is 7. The van der Waals surface area contributed by atoms with Gasteiger partial charge in [-0.3, -0.25) is 9.10 Å². The zero-order chi connectivity index (χ0) is 28.0. The van der Waals surface area contributed by atoms with Gasteiger partial charge in [0.1, 0.15) is 16.8 Å². The predicted molar refractivity (Wildman–Crippen MR) is 152 cm³/mol. The summed E-state index contributed by atoms with van der Waals surface area (Å²) in [6, 6.07) is 6.92. The van der Waals surface area contributed by atoms with Gasteiger partial charge in [-0.2, -0.15) is 0 Å². The van der Waals surface area contributed by atoms with E-state index in [-0.39, 0.29) is 54.8 Å². The van der Waals surface area contributed by atoms with E-state index in [1.165, 1.54) is 6.07 Å². The Bertz CT molecular complexity index is 1330. The molecule has 1 aliphatic rings. The highest BCUT2D eigenvalue weighted by Crippen LogP contribution is 2.36. The van der Waals surface area contributed by atoms with Crippen LogP contribution in [-0.4, -0.2) is 45.8 Å². The number of anilines is 1. The highest BCUT2D eigenvalue weighted by atomic mass is 35.5. The van der Waals surface area contributed by atoms with Crippen molar-refractivity contribution in [1.29, 1.82) is 0 Å². The molecule has 0 aliphatic heterocycles. The van der Waals surface area contributed by atoms with Crippen LogP contribution in [0.15, 0.2) is 42.0 Å². The molecular formula is C27H33Cl2FN2O6S. The summed E-state index contributed by atoms with van der Waals surface area (Å²) in [5.41, 5.74) is 2.03. The molecule has 0 bridgehead atoms. The first-order chi connectivity index (χ1) is 18.0. The van der Waals surface area contributed by atoms with E-state index < -0.39 is 33.0 Å². The molecule has 0 spiro atoms. The van der Waals surface area contributed by atoms with Crippen molar-refractivity contribution in [3.05, 3.63) is 69.5 Å². The molecule has 39 heavy (non-hydrogen) atoms. The van der Waals surface area contributed by atoms with E-state index in [9.17, 15) is 22.4 Å². The van der Waals surface area contributed by atoms with E-state index >= 15 is 0 Å². The molecule has 1 N–H and O–H groups in total. The monoisotopic (exact) mass is 602 g/mol. The molecule has 0 amide bonds. The molecule has 3 rings (SSSR count). The van der Waals surface area contributed by atoms with Crippen LogP contribution in [0, 0.1) is 19.7 Å². The number of carbonyl (C=O) groups excluding carboxylic acids is 2. The van der Waals surface area contributed by atoms with Gasteiger partial charge in [0.05, 0.1) is 36.0 Å². The molecule has 214 valence electrons. The Morgan fingerprint density at radius 3 is 2.44 bits per heavy atom. The number of hydrogen-bond donors (Lipinski definition) is 1. The van der Waals surface area contributed by atoms with Crippen molar-refractivity contribution in [1.82, 2.24) is 5.32 Å². The number of nitrogens with one attached hydrogen (secondary N) is 1. The predicted octanol–water partition coefficient (Wildman–Crippen LogP) is 5.02. The van der Waals surface area contributed by atoms with Crippen molar-refractivity contribution in [2.75, 3.05) is 24.5 Å². The molecule has 0 saturated heterocycles. The maximum absolute atomic E-state index is 14.1. The quantitative estimate of drug-likeness (QED) is 0.301. The van der Waals surface area contributed by atoms with E-state index in [0.717, 1.165) is 16.4 Å². The zero-order valence-corrected chi connectivity index (χ0v) is 24.6. The second-order valence-corrected chi connectivity index (χ2v) is 11.5. The summed E-state index contributed by atoms with van der Waals surface area (Å²) in [5.74, 6) is -1.35. The number of nitrogens with zero attached hydrogens (tertiary/aromatic N) is 1. The summed E-state index contributed by atoms with van der Waals surface area (Å²) < 4.78 is 53.9. The third-order valence-electron chi connectivity index (χ3n) is 6.12. The maximum atomic E-state index is 14.1. The van der Waals surface area contributed by atoms with Gasteiger partial charge in [0.2, 0.25) is 10.0 Å². The number of likely N-dealkylation sites (N-methyl/N-ethyl adjacent to an activating group) is 1. The number of allylic oxidation sites excluding steroid dienone is 1. The van der Waals surface area contributed by atoms with Crippen LogP contribution < -0.4 is 14.4 Å². The molecule has 0 heterocycles. The van der Waals surface area contributed by atoms with Crippen molar-refractivity contribution in [2.24, 2.45) is 0 Å². The fraction of sp³-hybridized carbons (Fsp3) is 0.407. The first-order valence-corrected chi connectivity index (χ1v) is 14.2. The minimum Gasteiger partial charge on any atom is -0.463 e. The van der Waals surface area contributed by atoms with Gasteiger partial charge in [-0.25, -0.2) is 17.6 Å². The largest absolute Gasteiger partial charge is 0.463 e. The van der Waals surface area contributed by atoms with Crippen molar-refractivity contribution in [2.45, 2.75) is 51.8 Å². The number of esters is 2. The Balaban J connectivity index is 0.00000533. The third-order valence-corrected chi connectivity index (χ3v) is 8.57. The van der Waals surface area contributed by atoms with Gasteiger partial charge < -0.3 is 14.8 Å². The molecule has 2 aromatic rings. The summed E-state index contributed by atoms with van der Waals surface area (Å²) in [7, 11) is -2.59. The van der Waals surface area contributed by atoms with Gasteiger partial charge >= 0.3 is 11.9 Å². The van der Waals surface area contributed by atoms with Gasteiger partial charge in [0, 0.05) is 0 Å². The van der Waals surface area contributed by atoms with Gasteiger partial charge in [-0.1, -0.05) is 29.8 Å². The average molecular weight is 604 g/mol. The topological polar surface area (TPSA) is 102 Å². The Labute approximate surface area is 240 Å². The Morgan fingerprint density at radius 2 is 1.85 bits per heavy atom. The van der Waals surface area contributed by atoms with Crippen molar-refractivity contribution in [3.63, 3.8) is 0 Å². The number of benzene rings is 2. The molecule has 1 aliphatic carbocycles. The van der Waals surface area contributed by atoms with E-state index in [1.54, 1.807) is 46.0 Å². The van der Waals surface area contributed by atoms with Crippen LogP contribution in [0.1, 0.15) is 42.9 Å². The molecule has 1 unspecified atom stereocenters. The number of rotatable bonds is 10. The van der Waals surface area contributed by atoms with Gasteiger partial charge in [0.15, 0.2) is 0 Å². The van der Waals surface area contributed by atoms with Crippen LogP contribution in [0.5, 0.6) is 5.75 Å². The summed E-state index contributed by atoms with van der Waals surface area (Å²) >= 11 is 6.34. The number of halogens is 3. The van der Waals surface area contributed by atoms with Crippen LogP contribution in [0.3, 0.4) is 0 Å². The number of ether oxygens (including phenoxy) is 2. The summed E-state index contributed by atoms with van der Waals surface area (Å²) in [6.07, 6.45) is 2.96. The second kappa shape index (κ2) is 14.1. The number of sulfonamides is 1. The lowest BCUT2D eigenvalue weighted by molar-refractivity contribution is -0.138. The smallest absolute Gasteiger partial charge is 0.335 e. The fourth-order valence-electron chi connectivity index (χ4n) is 4.49. The van der Waals surface area contributed by atoms with Gasteiger partial charge in [-0.15, -0.1) is 12.4 Å². The molecule has 0 saturated carbocycles. The Morgan fingerprint density at radius 1 is 1.18 bits per heavy atom. The molecule has 12 heteroatoms. The Kier molecular flexibility index (Phi) is 11.8. The minimum atomic E-state index is -4.22. The van der Waals surface area contributed by atoms with Crippen LogP contribution >= 0.6 is 24.0 Å². The van der Waals surface area contributed by atoms with Crippen LogP contribution in [-0.2, 0) is 30.9 Å². The summed E-state index contributed by atoms with van der Waals surface area (Å²) in [4.78, 5) is 24.7. The SMILES string of the molecule is CCOC(=O)C1=CCCCC1S(=O)(=O)N(Cc1cc(C)c(OC(=O)CNC)c(C)c1)c1ccc(F)cc1Cl.Cl. The number of aryl methyl sites for hydroxylation is 2. The van der Waals surface area contributed by atoms with Crippen molar-refractivity contribution in [3.8, 4) is 5.75 Å².